The lowest BCUT2D eigenvalue weighted by Crippen LogP contribution is -2.32. The highest BCUT2D eigenvalue weighted by Crippen LogP contribution is 2.21. The van der Waals surface area contributed by atoms with Crippen LogP contribution in [0.15, 0.2) is 34.5 Å². The van der Waals surface area contributed by atoms with Crippen molar-refractivity contribution in [3.63, 3.8) is 0 Å². The Balaban J connectivity index is 1.73. The molecule has 0 unspecified atom stereocenters. The van der Waals surface area contributed by atoms with Gasteiger partial charge >= 0.3 is 0 Å². The van der Waals surface area contributed by atoms with E-state index in [-0.39, 0.29) is 10.8 Å². The lowest BCUT2D eigenvalue weighted by molar-refractivity contribution is 0.0950. The number of aromatic nitrogens is 1. The Morgan fingerprint density at radius 3 is 2.62 bits per heavy atom. The van der Waals surface area contributed by atoms with Gasteiger partial charge in [0.25, 0.3) is 5.91 Å². The number of sulfonamides is 1. The molecule has 1 aromatic carbocycles. The molecule has 1 aliphatic heterocycles. The van der Waals surface area contributed by atoms with Crippen LogP contribution in [0.5, 0.6) is 0 Å². The third-order valence-corrected chi connectivity index (χ3v) is 7.11. The minimum absolute atomic E-state index is 0.177. The second kappa shape index (κ2) is 8.28. The number of nitrogens with zero attached hydrogens (tertiary/aromatic N) is 2. The predicted octanol–water partition coefficient (Wildman–Crippen LogP) is 2.95. The van der Waals surface area contributed by atoms with E-state index in [0.717, 1.165) is 36.4 Å². The van der Waals surface area contributed by atoms with Crippen LogP contribution >= 0.6 is 11.3 Å². The summed E-state index contributed by atoms with van der Waals surface area (Å²) in [4.78, 5) is 16.9. The number of rotatable bonds is 5. The molecule has 0 saturated carbocycles. The molecule has 1 saturated heterocycles. The molecule has 140 valence electrons. The second-order valence-electron chi connectivity index (χ2n) is 6.39. The summed E-state index contributed by atoms with van der Waals surface area (Å²) < 4.78 is 27.3. The number of hydrogen-bond acceptors (Lipinski definition) is 5. The molecule has 3 rings (SSSR count). The summed E-state index contributed by atoms with van der Waals surface area (Å²) in [6.45, 7) is 3.32. The van der Waals surface area contributed by atoms with Crippen LogP contribution in [0.2, 0.25) is 0 Å². The van der Waals surface area contributed by atoms with Crippen molar-refractivity contribution in [2.24, 2.45) is 0 Å². The van der Waals surface area contributed by atoms with E-state index in [4.69, 9.17) is 0 Å². The fraction of sp³-hybridized carbons (Fsp3) is 0.444. The van der Waals surface area contributed by atoms with Crippen molar-refractivity contribution in [3.8, 4) is 0 Å². The van der Waals surface area contributed by atoms with Gasteiger partial charge in [-0.15, -0.1) is 11.3 Å². The highest BCUT2D eigenvalue weighted by Gasteiger charge is 2.25. The number of carbonyl (C=O) groups excluding carboxylic acids is 1. The highest BCUT2D eigenvalue weighted by molar-refractivity contribution is 7.89. The van der Waals surface area contributed by atoms with Gasteiger partial charge in [0, 0.05) is 24.0 Å². The zero-order valence-electron chi connectivity index (χ0n) is 14.8. The minimum atomic E-state index is -3.56. The molecule has 1 aromatic heterocycles. The third-order valence-electron chi connectivity index (χ3n) is 4.40. The molecule has 0 bridgehead atoms. The first kappa shape index (κ1) is 19.0. The summed E-state index contributed by atoms with van der Waals surface area (Å²) in [5, 5.41) is 5.64. The molecular weight excluding hydrogens is 370 g/mol. The van der Waals surface area contributed by atoms with E-state index in [1.807, 2.05) is 12.3 Å². The second-order valence-corrected chi connectivity index (χ2v) is 9.39. The lowest BCUT2D eigenvalue weighted by Gasteiger charge is -2.20. The topological polar surface area (TPSA) is 79.4 Å². The number of hydrogen-bond donors (Lipinski definition) is 1. The fourth-order valence-electron chi connectivity index (χ4n) is 2.99. The van der Waals surface area contributed by atoms with Gasteiger partial charge in [-0.25, -0.2) is 13.4 Å². The quantitative estimate of drug-likeness (QED) is 0.847. The number of aryl methyl sites for hydroxylation is 1. The molecule has 1 N–H and O–H groups in total. The summed E-state index contributed by atoms with van der Waals surface area (Å²) in [6.07, 6.45) is 3.88. The molecular formula is C18H23N3O3S2. The SMILES string of the molecule is Cc1nc(CNC(=O)c2cccc(S(=O)(=O)N3CCCCCC3)c2)cs1. The first-order chi connectivity index (χ1) is 12.5. The van der Waals surface area contributed by atoms with Gasteiger partial charge < -0.3 is 5.32 Å². The molecule has 2 aromatic rings. The molecule has 6 nitrogen and oxygen atoms in total. The maximum Gasteiger partial charge on any atom is 0.251 e. The normalized spacial score (nSPS) is 16.2. The Morgan fingerprint density at radius 2 is 1.96 bits per heavy atom. The van der Waals surface area contributed by atoms with Gasteiger partial charge in [0.05, 0.1) is 22.1 Å². The smallest absolute Gasteiger partial charge is 0.251 e. The van der Waals surface area contributed by atoms with Crippen molar-refractivity contribution in [1.82, 2.24) is 14.6 Å². The average molecular weight is 394 g/mol. The van der Waals surface area contributed by atoms with E-state index in [2.05, 4.69) is 10.3 Å². The van der Waals surface area contributed by atoms with Crippen LogP contribution in [0.1, 0.15) is 46.7 Å². The maximum atomic E-state index is 12.9. The molecule has 1 aliphatic rings. The first-order valence-electron chi connectivity index (χ1n) is 8.76. The van der Waals surface area contributed by atoms with Gasteiger partial charge in [-0.1, -0.05) is 18.9 Å². The van der Waals surface area contributed by atoms with E-state index in [9.17, 15) is 13.2 Å². The van der Waals surface area contributed by atoms with Crippen molar-refractivity contribution in [1.29, 1.82) is 0 Å². The van der Waals surface area contributed by atoms with E-state index in [1.165, 1.54) is 21.7 Å². The molecule has 1 fully saturated rings. The lowest BCUT2D eigenvalue weighted by atomic mass is 10.2. The van der Waals surface area contributed by atoms with Crippen LogP contribution in [0.25, 0.3) is 0 Å². The average Bonchev–Trinajstić information content (AvgIpc) is 2.87. The standard InChI is InChI=1S/C18H23N3O3S2/c1-14-20-16(13-25-14)12-19-18(22)15-7-6-8-17(11-15)26(23,24)21-9-4-2-3-5-10-21/h6-8,11,13H,2-5,9-10,12H2,1H3,(H,19,22). The summed E-state index contributed by atoms with van der Waals surface area (Å²) in [5.74, 6) is -0.302. The molecule has 26 heavy (non-hydrogen) atoms. The number of carbonyl (C=O) groups is 1. The van der Waals surface area contributed by atoms with E-state index in [0.29, 0.717) is 25.2 Å². The molecule has 2 heterocycles. The van der Waals surface area contributed by atoms with Crippen molar-refractivity contribution in [2.75, 3.05) is 13.1 Å². The largest absolute Gasteiger partial charge is 0.346 e. The molecule has 0 aliphatic carbocycles. The zero-order chi connectivity index (χ0) is 18.6. The van der Waals surface area contributed by atoms with Crippen LogP contribution in [0.4, 0.5) is 0 Å². The Hall–Kier alpha value is -1.77. The Kier molecular flexibility index (Phi) is 6.05. The van der Waals surface area contributed by atoms with Gasteiger partial charge in [-0.2, -0.15) is 4.31 Å². The van der Waals surface area contributed by atoms with E-state index < -0.39 is 10.0 Å². The Labute approximate surface area is 158 Å². The monoisotopic (exact) mass is 393 g/mol. The number of amides is 1. The minimum Gasteiger partial charge on any atom is -0.346 e. The molecule has 0 radical (unpaired) electrons. The Bertz CT molecular complexity index is 869. The van der Waals surface area contributed by atoms with Gasteiger partial charge in [0.2, 0.25) is 10.0 Å². The van der Waals surface area contributed by atoms with E-state index >= 15 is 0 Å². The summed E-state index contributed by atoms with van der Waals surface area (Å²) in [5.41, 5.74) is 1.14. The molecule has 0 spiro atoms. The Morgan fingerprint density at radius 1 is 1.23 bits per heavy atom. The van der Waals surface area contributed by atoms with Crippen LogP contribution in [-0.4, -0.2) is 36.7 Å². The van der Waals surface area contributed by atoms with Crippen LogP contribution < -0.4 is 5.32 Å². The van der Waals surface area contributed by atoms with Crippen molar-refractivity contribution >= 4 is 27.3 Å². The number of benzene rings is 1. The van der Waals surface area contributed by atoms with Gasteiger partial charge in [0.1, 0.15) is 0 Å². The van der Waals surface area contributed by atoms with Gasteiger partial charge in [0.15, 0.2) is 0 Å². The summed E-state index contributed by atoms with van der Waals surface area (Å²) >= 11 is 1.53. The molecule has 0 atom stereocenters. The molecule has 8 heteroatoms. The summed E-state index contributed by atoms with van der Waals surface area (Å²) in [7, 11) is -3.56. The van der Waals surface area contributed by atoms with Crippen LogP contribution in [0, 0.1) is 6.92 Å². The zero-order valence-corrected chi connectivity index (χ0v) is 16.4. The van der Waals surface area contributed by atoms with Crippen molar-refractivity contribution < 1.29 is 13.2 Å². The maximum absolute atomic E-state index is 12.9. The molecule has 1 amide bonds. The first-order valence-corrected chi connectivity index (χ1v) is 11.1. The van der Waals surface area contributed by atoms with Crippen molar-refractivity contribution in [2.45, 2.75) is 44.0 Å². The van der Waals surface area contributed by atoms with Crippen LogP contribution in [-0.2, 0) is 16.6 Å². The number of nitrogens with one attached hydrogen (secondary N) is 1. The van der Waals surface area contributed by atoms with Gasteiger partial charge in [-0.05, 0) is 38.0 Å². The number of thiazole rings is 1. The highest BCUT2D eigenvalue weighted by atomic mass is 32.2. The van der Waals surface area contributed by atoms with E-state index in [1.54, 1.807) is 18.2 Å². The predicted molar refractivity (Wildman–Crippen MR) is 102 cm³/mol. The van der Waals surface area contributed by atoms with Gasteiger partial charge in [-0.3, -0.25) is 4.79 Å². The van der Waals surface area contributed by atoms with Crippen LogP contribution in [0.3, 0.4) is 0 Å². The third kappa shape index (κ3) is 4.49. The fourth-order valence-corrected chi connectivity index (χ4v) is 5.17. The summed E-state index contributed by atoms with van der Waals surface area (Å²) in [6, 6.07) is 6.26. The van der Waals surface area contributed by atoms with Crippen molar-refractivity contribution in [3.05, 3.63) is 45.9 Å².